The molecule has 0 bridgehead atoms. The van der Waals surface area contributed by atoms with E-state index in [-0.39, 0.29) is 12.3 Å². The molecule has 4 rings (SSSR count). The van der Waals surface area contributed by atoms with Crippen LogP contribution in [0.2, 0.25) is 0 Å². The molecule has 2 aliphatic rings. The van der Waals surface area contributed by atoms with Crippen LogP contribution < -0.4 is 11.1 Å². The molecule has 0 radical (unpaired) electrons. The number of aliphatic hydroxyl groups excluding tert-OH is 2. The van der Waals surface area contributed by atoms with Crippen molar-refractivity contribution < 1.29 is 14.9 Å². The van der Waals surface area contributed by atoms with Crippen LogP contribution in [-0.4, -0.2) is 60.2 Å². The summed E-state index contributed by atoms with van der Waals surface area (Å²) in [6, 6.07) is 0.356. The number of imidazole rings is 1. The van der Waals surface area contributed by atoms with Gasteiger partial charge in [-0.1, -0.05) is 19.3 Å². The fraction of sp³-hybridized carbons (Fsp3) is 0.688. The second kappa shape index (κ2) is 7.23. The molecular weight excluding hydrogens is 355 g/mol. The number of fused-ring (bicyclic) bond motifs is 1. The lowest BCUT2D eigenvalue weighted by Crippen LogP contribution is -2.29. The number of nitrogen functional groups attached to an aromatic ring is 1. The Bertz CT molecular complexity index is 781. The summed E-state index contributed by atoms with van der Waals surface area (Å²) < 4.78 is 7.54. The third kappa shape index (κ3) is 3.13. The van der Waals surface area contributed by atoms with Crippen LogP contribution in [0.25, 0.3) is 11.2 Å². The molecule has 2 fully saturated rings. The molecule has 2 aromatic rings. The van der Waals surface area contributed by atoms with Crippen LogP contribution in [-0.2, 0) is 4.74 Å². The Kier molecular flexibility index (Phi) is 4.96. The van der Waals surface area contributed by atoms with Gasteiger partial charge in [0.2, 0.25) is 5.95 Å². The highest BCUT2D eigenvalue weighted by Gasteiger charge is 2.42. The summed E-state index contributed by atoms with van der Waals surface area (Å²) in [7, 11) is 2.58. The number of nitrogens with one attached hydrogen (secondary N) is 1. The lowest BCUT2D eigenvalue weighted by atomic mass is 9.96. The van der Waals surface area contributed by atoms with Gasteiger partial charge in [-0.25, -0.2) is 4.98 Å². The largest absolute Gasteiger partial charge is 0.394 e. The minimum atomic E-state index is -0.786. The van der Waals surface area contributed by atoms with Crippen molar-refractivity contribution in [3.63, 3.8) is 0 Å². The summed E-state index contributed by atoms with van der Waals surface area (Å²) in [6.07, 6.45) is 5.55. The lowest BCUT2D eigenvalue weighted by Gasteiger charge is -2.23. The van der Waals surface area contributed by atoms with E-state index >= 15 is 0 Å². The van der Waals surface area contributed by atoms with Gasteiger partial charge in [0, 0.05) is 11.7 Å². The molecule has 5 atom stereocenters. The Labute approximate surface area is 153 Å². The molecule has 1 saturated carbocycles. The van der Waals surface area contributed by atoms with E-state index in [0.717, 1.165) is 12.8 Å². The molecule has 142 valence electrons. The number of aromatic nitrogens is 4. The van der Waals surface area contributed by atoms with E-state index in [1.807, 2.05) is 0 Å². The van der Waals surface area contributed by atoms with Crippen LogP contribution in [0.4, 0.5) is 11.8 Å². The molecule has 0 amide bonds. The number of hydrogen-bond acceptors (Lipinski definition) is 8. The van der Waals surface area contributed by atoms with Gasteiger partial charge < -0.3 is 26.0 Å². The monoisotopic (exact) mass is 380 g/mol. The summed E-state index contributed by atoms with van der Waals surface area (Å²) in [5, 5.41) is 23.0. The van der Waals surface area contributed by atoms with E-state index in [4.69, 9.17) is 10.5 Å². The molecule has 1 unspecified atom stereocenters. The van der Waals surface area contributed by atoms with Crippen LogP contribution in [0.3, 0.4) is 0 Å². The fourth-order valence-corrected chi connectivity index (χ4v) is 4.31. The van der Waals surface area contributed by atoms with Crippen molar-refractivity contribution >= 4 is 32.2 Å². The van der Waals surface area contributed by atoms with Gasteiger partial charge in [-0.05, 0) is 12.8 Å². The van der Waals surface area contributed by atoms with Gasteiger partial charge in [0.1, 0.15) is 17.8 Å². The first-order valence-corrected chi connectivity index (χ1v) is 9.71. The quantitative estimate of drug-likeness (QED) is 0.569. The van der Waals surface area contributed by atoms with Gasteiger partial charge in [-0.15, -0.1) is 9.24 Å². The molecule has 1 saturated heterocycles. The summed E-state index contributed by atoms with van der Waals surface area (Å²) in [6.45, 7) is -0.249. The van der Waals surface area contributed by atoms with E-state index in [2.05, 4.69) is 29.5 Å². The van der Waals surface area contributed by atoms with Gasteiger partial charge in [-0.3, -0.25) is 4.57 Å². The van der Waals surface area contributed by atoms with E-state index in [9.17, 15) is 10.2 Å². The summed E-state index contributed by atoms with van der Waals surface area (Å²) >= 11 is 0. The molecule has 0 spiro atoms. The molecule has 9 nitrogen and oxygen atoms in total. The van der Waals surface area contributed by atoms with Gasteiger partial charge in [0.15, 0.2) is 11.5 Å². The average molecular weight is 380 g/mol. The smallest absolute Gasteiger partial charge is 0.226 e. The van der Waals surface area contributed by atoms with Crippen molar-refractivity contribution in [1.29, 1.82) is 0 Å². The van der Waals surface area contributed by atoms with Gasteiger partial charge in [-0.2, -0.15) is 9.97 Å². The number of hydrogen-bond donors (Lipinski definition) is 4. The Hall–Kier alpha value is -1.54. The lowest BCUT2D eigenvalue weighted by molar-refractivity contribution is -0.0430. The number of nitrogens with zero attached hydrogens (tertiary/aromatic N) is 4. The SMILES string of the molecule is Nc1nc(NC2CCCCC2)nc2c1ncn2[C@@H]1O[C@H](CO)[C@@H](O)[C@H]1P. The Morgan fingerprint density at radius 2 is 2.08 bits per heavy atom. The highest BCUT2D eigenvalue weighted by Crippen LogP contribution is 2.36. The van der Waals surface area contributed by atoms with E-state index in [1.54, 1.807) is 10.9 Å². The zero-order valence-electron chi connectivity index (χ0n) is 14.5. The van der Waals surface area contributed by atoms with Crippen molar-refractivity contribution in [2.24, 2.45) is 0 Å². The molecule has 3 heterocycles. The third-order valence-corrected chi connectivity index (χ3v) is 5.98. The molecule has 1 aliphatic carbocycles. The van der Waals surface area contributed by atoms with Crippen molar-refractivity contribution in [1.82, 2.24) is 19.5 Å². The summed E-state index contributed by atoms with van der Waals surface area (Å²) in [5.41, 5.74) is 6.85. The summed E-state index contributed by atoms with van der Waals surface area (Å²) in [4.78, 5) is 13.3. The first-order chi connectivity index (χ1) is 12.6. The standard InChI is InChI=1S/C16H25N6O3P/c17-13-10-14(21-16(20-13)19-8-4-2-1-3-5-8)22(7-18-10)15-12(26)11(24)9(6-23)25-15/h7-9,11-12,15,23-24H,1-6,26H2,(H3,17,19,20,21)/t9-,11-,12-,15-/m1/s1. The van der Waals surface area contributed by atoms with Crippen LogP contribution in [0, 0.1) is 0 Å². The topological polar surface area (TPSA) is 131 Å². The number of anilines is 2. The maximum absolute atomic E-state index is 10.2. The highest BCUT2D eigenvalue weighted by atomic mass is 31.0. The predicted molar refractivity (Wildman–Crippen MR) is 101 cm³/mol. The van der Waals surface area contributed by atoms with Crippen molar-refractivity contribution in [3.8, 4) is 0 Å². The molecular formula is C16H25N6O3P. The second-order valence-corrected chi connectivity index (χ2v) is 7.82. The minimum absolute atomic E-state index is 0.249. The highest BCUT2D eigenvalue weighted by molar-refractivity contribution is 7.17. The van der Waals surface area contributed by atoms with E-state index in [1.165, 1.54) is 19.3 Å². The van der Waals surface area contributed by atoms with Crippen molar-refractivity contribution in [3.05, 3.63) is 6.33 Å². The number of nitrogens with two attached hydrogens (primary N) is 1. The van der Waals surface area contributed by atoms with E-state index < -0.39 is 18.4 Å². The number of ether oxygens (including phenoxy) is 1. The van der Waals surface area contributed by atoms with Crippen LogP contribution in [0.15, 0.2) is 6.33 Å². The first-order valence-electron chi connectivity index (χ1n) is 9.05. The zero-order valence-corrected chi connectivity index (χ0v) is 15.6. The van der Waals surface area contributed by atoms with Gasteiger partial charge in [0.25, 0.3) is 0 Å². The Balaban J connectivity index is 1.66. The molecule has 0 aromatic carbocycles. The molecule has 2 aromatic heterocycles. The van der Waals surface area contributed by atoms with Crippen LogP contribution in [0.5, 0.6) is 0 Å². The van der Waals surface area contributed by atoms with Crippen molar-refractivity contribution in [2.75, 3.05) is 17.7 Å². The zero-order chi connectivity index (χ0) is 18.3. The summed E-state index contributed by atoms with van der Waals surface area (Å²) in [5.74, 6) is 0.797. The minimum Gasteiger partial charge on any atom is -0.394 e. The normalized spacial score (nSPS) is 30.1. The van der Waals surface area contributed by atoms with Gasteiger partial charge >= 0.3 is 0 Å². The maximum atomic E-state index is 10.2. The van der Waals surface area contributed by atoms with Crippen LogP contribution >= 0.6 is 9.24 Å². The molecule has 26 heavy (non-hydrogen) atoms. The predicted octanol–water partition coefficient (Wildman–Crippen LogP) is 0.647. The van der Waals surface area contributed by atoms with Crippen LogP contribution in [0.1, 0.15) is 38.3 Å². The molecule has 5 N–H and O–H groups in total. The molecule has 1 aliphatic heterocycles. The number of rotatable bonds is 4. The Morgan fingerprint density at radius 3 is 2.77 bits per heavy atom. The van der Waals surface area contributed by atoms with Crippen molar-refractivity contribution in [2.45, 2.75) is 62.2 Å². The average Bonchev–Trinajstić information content (AvgIpc) is 3.18. The first kappa shape index (κ1) is 17.9. The third-order valence-electron chi connectivity index (χ3n) is 5.26. The second-order valence-electron chi connectivity index (χ2n) is 7.05. The molecule has 10 heteroatoms. The maximum Gasteiger partial charge on any atom is 0.226 e. The van der Waals surface area contributed by atoms with Gasteiger partial charge in [0.05, 0.1) is 19.0 Å². The fourth-order valence-electron chi connectivity index (χ4n) is 3.79. The Morgan fingerprint density at radius 1 is 1.31 bits per heavy atom. The number of aliphatic hydroxyl groups is 2. The van der Waals surface area contributed by atoms with E-state index in [0.29, 0.717) is 29.0 Å².